The highest BCUT2D eigenvalue weighted by Crippen LogP contribution is 2.29. The second kappa shape index (κ2) is 9.13. The highest BCUT2D eigenvalue weighted by atomic mass is 35.5. The Bertz CT molecular complexity index is 681. The number of rotatable bonds is 7. The van der Waals surface area contributed by atoms with Crippen LogP contribution < -0.4 is 5.32 Å². The van der Waals surface area contributed by atoms with E-state index in [9.17, 15) is 4.79 Å². The van der Waals surface area contributed by atoms with Crippen molar-refractivity contribution in [1.29, 1.82) is 0 Å². The van der Waals surface area contributed by atoms with Gasteiger partial charge in [-0.15, -0.1) is 10.2 Å². The maximum absolute atomic E-state index is 12.0. The first-order valence-electron chi connectivity index (χ1n) is 6.83. The summed E-state index contributed by atoms with van der Waals surface area (Å²) < 4.78 is 1.73. The number of carbonyl (C=O) groups excluding carboxylic acids is 1. The van der Waals surface area contributed by atoms with Crippen LogP contribution in [0.5, 0.6) is 0 Å². The predicted molar refractivity (Wildman–Crippen MR) is 100 cm³/mol. The van der Waals surface area contributed by atoms with Crippen molar-refractivity contribution in [3.63, 3.8) is 0 Å². The minimum Gasteiger partial charge on any atom is -0.349 e. The topological polar surface area (TPSA) is 54.9 Å². The fourth-order valence-electron chi connectivity index (χ4n) is 1.71. The van der Waals surface area contributed by atoms with Crippen LogP contribution in [0, 0.1) is 0 Å². The summed E-state index contributed by atoms with van der Waals surface area (Å²) in [6.07, 6.45) is 0. The third kappa shape index (κ3) is 5.83. The molecule has 1 unspecified atom stereocenters. The van der Waals surface area contributed by atoms with E-state index in [0.29, 0.717) is 15.8 Å². The van der Waals surface area contributed by atoms with Gasteiger partial charge in [0.05, 0.1) is 21.8 Å². The van der Waals surface area contributed by atoms with E-state index in [1.165, 1.54) is 23.1 Å². The number of aromatic nitrogens is 2. The maximum Gasteiger partial charge on any atom is 0.230 e. The summed E-state index contributed by atoms with van der Waals surface area (Å²) in [6, 6.07) is 5.20. The van der Waals surface area contributed by atoms with Crippen molar-refractivity contribution >= 4 is 64.0 Å². The van der Waals surface area contributed by atoms with Crippen LogP contribution in [0.15, 0.2) is 26.9 Å². The lowest BCUT2D eigenvalue weighted by Crippen LogP contribution is -2.28. The largest absolute Gasteiger partial charge is 0.349 e. The van der Waals surface area contributed by atoms with E-state index in [-0.39, 0.29) is 11.9 Å². The smallest absolute Gasteiger partial charge is 0.230 e. The minimum atomic E-state index is -0.140. The molecular formula is C14H15Cl2N3OS3. The number of nitrogens with one attached hydrogen (secondary N) is 1. The van der Waals surface area contributed by atoms with Crippen LogP contribution in [-0.2, 0) is 4.79 Å². The molecule has 2 rings (SSSR count). The van der Waals surface area contributed by atoms with Gasteiger partial charge in [-0.2, -0.15) is 0 Å². The Morgan fingerprint density at radius 3 is 2.61 bits per heavy atom. The highest BCUT2D eigenvalue weighted by molar-refractivity contribution is 8.03. The Kier molecular flexibility index (Phi) is 7.49. The number of amides is 1. The molecule has 0 spiro atoms. The Balaban J connectivity index is 1.84. The first-order valence-corrected chi connectivity index (χ1v) is 10.4. The predicted octanol–water partition coefficient (Wildman–Crippen LogP) is 4.93. The summed E-state index contributed by atoms with van der Waals surface area (Å²) in [5.41, 5.74) is 0.912. The molecule has 23 heavy (non-hydrogen) atoms. The quantitative estimate of drug-likeness (QED) is 0.659. The van der Waals surface area contributed by atoms with Crippen molar-refractivity contribution < 1.29 is 4.79 Å². The third-order valence-corrected chi connectivity index (χ3v) is 6.61. The summed E-state index contributed by atoms with van der Waals surface area (Å²) in [5, 5.41) is 12.0. The molecule has 0 bridgehead atoms. The fourth-order valence-corrected chi connectivity index (χ4v) is 4.75. The summed E-state index contributed by atoms with van der Waals surface area (Å²) >= 11 is 16.4. The van der Waals surface area contributed by atoms with E-state index in [2.05, 4.69) is 22.4 Å². The SMILES string of the molecule is CCSc1nnc(SCC(=O)NC(C)c2ccc(Cl)c(Cl)c2)s1. The monoisotopic (exact) mass is 407 g/mol. The Morgan fingerprint density at radius 2 is 1.96 bits per heavy atom. The number of thioether (sulfide) groups is 2. The summed E-state index contributed by atoms with van der Waals surface area (Å²) in [5.74, 6) is 1.20. The Labute approximate surface area is 157 Å². The number of carbonyl (C=O) groups is 1. The van der Waals surface area contributed by atoms with Crippen molar-refractivity contribution in [3.8, 4) is 0 Å². The fraction of sp³-hybridized carbons (Fsp3) is 0.357. The van der Waals surface area contributed by atoms with Gasteiger partial charge in [0.1, 0.15) is 0 Å². The van der Waals surface area contributed by atoms with Gasteiger partial charge in [0.2, 0.25) is 5.91 Å². The molecule has 0 radical (unpaired) electrons. The number of halogens is 2. The molecule has 0 aliphatic heterocycles. The number of nitrogens with zero attached hydrogens (tertiary/aromatic N) is 2. The zero-order valence-corrected chi connectivity index (χ0v) is 16.5. The van der Waals surface area contributed by atoms with E-state index < -0.39 is 0 Å². The molecule has 0 aliphatic carbocycles. The van der Waals surface area contributed by atoms with E-state index in [0.717, 1.165) is 20.0 Å². The van der Waals surface area contributed by atoms with E-state index in [1.54, 1.807) is 23.9 Å². The average Bonchev–Trinajstić information content (AvgIpc) is 2.96. The van der Waals surface area contributed by atoms with Crippen LogP contribution in [0.4, 0.5) is 0 Å². The summed E-state index contributed by atoms with van der Waals surface area (Å²) in [4.78, 5) is 12.0. The zero-order chi connectivity index (χ0) is 16.8. The van der Waals surface area contributed by atoms with Crippen molar-refractivity contribution in [2.24, 2.45) is 0 Å². The van der Waals surface area contributed by atoms with Gasteiger partial charge in [0.25, 0.3) is 0 Å². The van der Waals surface area contributed by atoms with Crippen molar-refractivity contribution in [2.45, 2.75) is 28.6 Å². The third-order valence-electron chi connectivity index (χ3n) is 2.80. The zero-order valence-electron chi connectivity index (χ0n) is 12.5. The molecule has 1 heterocycles. The molecule has 1 N–H and O–H groups in total. The lowest BCUT2D eigenvalue weighted by atomic mass is 10.1. The van der Waals surface area contributed by atoms with E-state index in [4.69, 9.17) is 23.2 Å². The van der Waals surface area contributed by atoms with Gasteiger partial charge >= 0.3 is 0 Å². The van der Waals surface area contributed by atoms with Crippen LogP contribution in [0.25, 0.3) is 0 Å². The van der Waals surface area contributed by atoms with Gasteiger partial charge in [0.15, 0.2) is 8.68 Å². The molecule has 1 aromatic heterocycles. The lowest BCUT2D eigenvalue weighted by molar-refractivity contribution is -0.119. The lowest BCUT2D eigenvalue weighted by Gasteiger charge is -2.14. The molecular weight excluding hydrogens is 393 g/mol. The van der Waals surface area contributed by atoms with Crippen LogP contribution >= 0.6 is 58.1 Å². The molecule has 124 valence electrons. The van der Waals surface area contributed by atoms with Crippen molar-refractivity contribution in [3.05, 3.63) is 33.8 Å². The van der Waals surface area contributed by atoms with E-state index in [1.807, 2.05) is 13.0 Å². The van der Waals surface area contributed by atoms with Crippen LogP contribution in [0.1, 0.15) is 25.5 Å². The first kappa shape index (κ1) is 18.9. The molecule has 1 amide bonds. The minimum absolute atomic E-state index is 0.0616. The standard InChI is InChI=1S/C14H15Cl2N3OS3/c1-3-21-13-18-19-14(23-13)22-7-12(20)17-8(2)9-4-5-10(15)11(16)6-9/h4-6,8H,3,7H2,1-2H3,(H,17,20). The van der Waals surface area contributed by atoms with Gasteiger partial charge in [-0.1, -0.05) is 71.1 Å². The van der Waals surface area contributed by atoms with Gasteiger partial charge in [-0.25, -0.2) is 0 Å². The van der Waals surface area contributed by atoms with Gasteiger partial charge in [-0.05, 0) is 30.4 Å². The average molecular weight is 408 g/mol. The Hall–Kier alpha value is -0.470. The first-order chi connectivity index (χ1) is 11.0. The number of hydrogen-bond donors (Lipinski definition) is 1. The molecule has 0 fully saturated rings. The molecule has 4 nitrogen and oxygen atoms in total. The molecule has 0 saturated carbocycles. The number of benzene rings is 1. The highest BCUT2D eigenvalue weighted by Gasteiger charge is 2.13. The second-order valence-electron chi connectivity index (χ2n) is 4.52. The Morgan fingerprint density at radius 1 is 1.26 bits per heavy atom. The summed E-state index contributed by atoms with van der Waals surface area (Å²) in [7, 11) is 0. The maximum atomic E-state index is 12.0. The summed E-state index contributed by atoms with van der Waals surface area (Å²) in [6.45, 7) is 3.97. The molecule has 0 aliphatic rings. The van der Waals surface area contributed by atoms with Crippen LogP contribution in [0.3, 0.4) is 0 Å². The second-order valence-corrected chi connectivity index (χ2v) is 9.04. The molecule has 9 heteroatoms. The molecule has 0 saturated heterocycles. The van der Waals surface area contributed by atoms with Gasteiger partial charge in [0, 0.05) is 0 Å². The van der Waals surface area contributed by atoms with Crippen molar-refractivity contribution in [1.82, 2.24) is 15.5 Å². The van der Waals surface area contributed by atoms with Gasteiger partial charge in [-0.3, -0.25) is 4.79 Å². The van der Waals surface area contributed by atoms with Crippen LogP contribution in [-0.4, -0.2) is 27.6 Å². The molecule has 1 atom stereocenters. The van der Waals surface area contributed by atoms with Gasteiger partial charge < -0.3 is 5.32 Å². The van der Waals surface area contributed by atoms with Crippen LogP contribution in [0.2, 0.25) is 10.0 Å². The van der Waals surface area contributed by atoms with Crippen molar-refractivity contribution in [2.75, 3.05) is 11.5 Å². The molecule has 1 aromatic carbocycles. The van der Waals surface area contributed by atoms with E-state index >= 15 is 0 Å². The normalized spacial score (nSPS) is 12.2. The molecule has 2 aromatic rings. The number of hydrogen-bond acceptors (Lipinski definition) is 6.